The lowest BCUT2D eigenvalue weighted by atomic mass is 9.95. The first kappa shape index (κ1) is 10.8. The van der Waals surface area contributed by atoms with Crippen molar-refractivity contribution in [2.24, 2.45) is 0 Å². The zero-order chi connectivity index (χ0) is 10.7. The Hall–Kier alpha value is -1.32. The highest BCUT2D eigenvalue weighted by Gasteiger charge is 2.31. The van der Waals surface area contributed by atoms with Crippen LogP contribution in [0.25, 0.3) is 0 Å². The second-order valence-corrected chi connectivity index (χ2v) is 3.31. The van der Waals surface area contributed by atoms with Gasteiger partial charge in [0.05, 0.1) is 7.11 Å². The minimum absolute atomic E-state index is 0.230. The van der Waals surface area contributed by atoms with Gasteiger partial charge in [-0.05, 0) is 25.3 Å². The maximum absolute atomic E-state index is 11.6. The van der Waals surface area contributed by atoms with Crippen LogP contribution in [0.1, 0.15) is 26.7 Å². The molecule has 1 unspecified atom stereocenters. The number of esters is 1. The third-order valence-electron chi connectivity index (χ3n) is 2.20. The summed E-state index contributed by atoms with van der Waals surface area (Å²) >= 11 is 0. The third kappa shape index (κ3) is 2.13. The number of ketones is 1. The molecule has 0 N–H and O–H groups in total. The van der Waals surface area contributed by atoms with Gasteiger partial charge in [0.15, 0.2) is 11.9 Å². The molecule has 0 aliphatic heterocycles. The fourth-order valence-electron chi connectivity index (χ4n) is 1.54. The minimum atomic E-state index is -0.661. The molecule has 1 aliphatic rings. The van der Waals surface area contributed by atoms with Gasteiger partial charge in [0.2, 0.25) is 5.78 Å². The molecule has 1 rings (SSSR count). The number of ether oxygens (including phenoxy) is 2. The molecule has 0 saturated carbocycles. The summed E-state index contributed by atoms with van der Waals surface area (Å²) in [5.41, 5.74) is 0.918. The molecule has 0 aromatic heterocycles. The van der Waals surface area contributed by atoms with Gasteiger partial charge in [-0.2, -0.15) is 0 Å². The standard InChI is InChI=1S/C10H14O4/c1-6-4-5-8(14-7(2)11)9(12)10(6)13-3/h8H,4-5H2,1-3H3. The van der Waals surface area contributed by atoms with Gasteiger partial charge in [0.1, 0.15) is 0 Å². The van der Waals surface area contributed by atoms with E-state index in [1.165, 1.54) is 14.0 Å². The van der Waals surface area contributed by atoms with Crippen LogP contribution in [0.2, 0.25) is 0 Å². The van der Waals surface area contributed by atoms with Crippen molar-refractivity contribution in [2.45, 2.75) is 32.8 Å². The molecule has 0 aromatic rings. The zero-order valence-corrected chi connectivity index (χ0v) is 8.62. The van der Waals surface area contributed by atoms with Crippen molar-refractivity contribution < 1.29 is 19.1 Å². The second-order valence-electron chi connectivity index (χ2n) is 3.31. The quantitative estimate of drug-likeness (QED) is 0.625. The monoisotopic (exact) mass is 198 g/mol. The van der Waals surface area contributed by atoms with Crippen LogP contribution in [0, 0.1) is 0 Å². The van der Waals surface area contributed by atoms with Gasteiger partial charge in [-0.1, -0.05) is 0 Å². The van der Waals surface area contributed by atoms with E-state index in [9.17, 15) is 9.59 Å². The average Bonchev–Trinajstić information content (AvgIpc) is 2.10. The lowest BCUT2D eigenvalue weighted by molar-refractivity contribution is -0.153. The topological polar surface area (TPSA) is 52.6 Å². The molecular formula is C10H14O4. The second kappa shape index (κ2) is 4.26. The Labute approximate surface area is 82.9 Å². The predicted molar refractivity (Wildman–Crippen MR) is 49.5 cm³/mol. The van der Waals surface area contributed by atoms with Crippen molar-refractivity contribution in [1.29, 1.82) is 0 Å². The van der Waals surface area contributed by atoms with Crippen LogP contribution >= 0.6 is 0 Å². The van der Waals surface area contributed by atoms with Gasteiger partial charge in [0, 0.05) is 6.92 Å². The number of carbonyl (C=O) groups excluding carboxylic acids is 2. The molecule has 4 heteroatoms. The minimum Gasteiger partial charge on any atom is -0.493 e. The van der Waals surface area contributed by atoms with Crippen molar-refractivity contribution in [3.8, 4) is 0 Å². The first-order valence-electron chi connectivity index (χ1n) is 4.51. The molecule has 1 aliphatic carbocycles. The van der Waals surface area contributed by atoms with Crippen molar-refractivity contribution in [3.63, 3.8) is 0 Å². The number of hydrogen-bond donors (Lipinski definition) is 0. The van der Waals surface area contributed by atoms with E-state index < -0.39 is 12.1 Å². The number of Topliss-reactive ketones (excluding diaryl/α,β-unsaturated/α-hetero) is 1. The van der Waals surface area contributed by atoms with Crippen LogP contribution in [0.4, 0.5) is 0 Å². The zero-order valence-electron chi connectivity index (χ0n) is 8.62. The molecule has 14 heavy (non-hydrogen) atoms. The Morgan fingerprint density at radius 3 is 2.64 bits per heavy atom. The molecule has 0 saturated heterocycles. The van der Waals surface area contributed by atoms with Crippen LogP contribution in [-0.2, 0) is 19.1 Å². The Morgan fingerprint density at radius 1 is 1.50 bits per heavy atom. The number of hydrogen-bond acceptors (Lipinski definition) is 4. The van der Waals surface area contributed by atoms with Crippen LogP contribution < -0.4 is 0 Å². The molecule has 0 fully saturated rings. The maximum Gasteiger partial charge on any atom is 0.303 e. The van der Waals surface area contributed by atoms with Gasteiger partial charge in [0.25, 0.3) is 0 Å². The van der Waals surface area contributed by atoms with Crippen molar-refractivity contribution in [2.75, 3.05) is 7.11 Å². The lowest BCUT2D eigenvalue weighted by Gasteiger charge is -2.22. The lowest BCUT2D eigenvalue weighted by Crippen LogP contribution is -2.32. The summed E-state index contributed by atoms with van der Waals surface area (Å²) < 4.78 is 9.85. The summed E-state index contributed by atoms with van der Waals surface area (Å²) in [6.07, 6.45) is 0.621. The average molecular weight is 198 g/mol. The molecule has 0 amide bonds. The summed E-state index contributed by atoms with van der Waals surface area (Å²) in [6, 6.07) is 0. The van der Waals surface area contributed by atoms with E-state index in [0.717, 1.165) is 12.0 Å². The van der Waals surface area contributed by atoms with Crippen molar-refractivity contribution in [1.82, 2.24) is 0 Å². The van der Waals surface area contributed by atoms with E-state index in [2.05, 4.69) is 0 Å². The van der Waals surface area contributed by atoms with E-state index in [1.54, 1.807) is 0 Å². The van der Waals surface area contributed by atoms with Crippen molar-refractivity contribution in [3.05, 3.63) is 11.3 Å². The molecule has 1 atom stereocenters. The summed E-state index contributed by atoms with van der Waals surface area (Å²) in [4.78, 5) is 22.3. The van der Waals surface area contributed by atoms with Gasteiger partial charge in [-0.25, -0.2) is 0 Å². The fourth-order valence-corrected chi connectivity index (χ4v) is 1.54. The Balaban J connectivity index is 2.79. The highest BCUT2D eigenvalue weighted by Crippen LogP contribution is 2.24. The van der Waals surface area contributed by atoms with Crippen LogP contribution in [-0.4, -0.2) is 25.0 Å². The molecule has 4 nitrogen and oxygen atoms in total. The molecule has 0 heterocycles. The van der Waals surface area contributed by atoms with Crippen LogP contribution in [0.3, 0.4) is 0 Å². The normalized spacial score (nSPS) is 22.2. The highest BCUT2D eigenvalue weighted by atomic mass is 16.5. The number of carbonyl (C=O) groups is 2. The predicted octanol–water partition coefficient (Wildman–Crippen LogP) is 1.20. The SMILES string of the molecule is COC1=C(C)CCC(OC(C)=O)C1=O. The largest absolute Gasteiger partial charge is 0.493 e. The third-order valence-corrected chi connectivity index (χ3v) is 2.20. The van der Waals surface area contributed by atoms with Crippen LogP contribution in [0.15, 0.2) is 11.3 Å². The van der Waals surface area contributed by atoms with E-state index in [-0.39, 0.29) is 5.78 Å². The Morgan fingerprint density at radius 2 is 2.14 bits per heavy atom. The van der Waals surface area contributed by atoms with Gasteiger partial charge < -0.3 is 9.47 Å². The first-order valence-corrected chi connectivity index (χ1v) is 4.51. The van der Waals surface area contributed by atoms with E-state index in [4.69, 9.17) is 9.47 Å². The highest BCUT2D eigenvalue weighted by molar-refractivity contribution is 5.99. The van der Waals surface area contributed by atoms with Gasteiger partial charge in [-0.15, -0.1) is 0 Å². The number of rotatable bonds is 2. The number of allylic oxidation sites excluding steroid dienone is 1. The van der Waals surface area contributed by atoms with E-state index in [0.29, 0.717) is 12.2 Å². The van der Waals surface area contributed by atoms with Gasteiger partial charge >= 0.3 is 5.97 Å². The van der Waals surface area contributed by atoms with Crippen molar-refractivity contribution >= 4 is 11.8 Å². The summed E-state index contributed by atoms with van der Waals surface area (Å²) in [7, 11) is 1.45. The first-order chi connectivity index (χ1) is 6.56. The molecule has 0 spiro atoms. The molecule has 0 bridgehead atoms. The maximum atomic E-state index is 11.6. The van der Waals surface area contributed by atoms with Crippen LogP contribution in [0.5, 0.6) is 0 Å². The summed E-state index contributed by atoms with van der Waals surface area (Å²) in [5, 5.41) is 0. The smallest absolute Gasteiger partial charge is 0.303 e. The molecule has 78 valence electrons. The summed E-state index contributed by atoms with van der Waals surface area (Å²) in [6.45, 7) is 3.14. The van der Waals surface area contributed by atoms with E-state index >= 15 is 0 Å². The van der Waals surface area contributed by atoms with E-state index in [1.807, 2.05) is 6.92 Å². The molecule has 0 aromatic carbocycles. The fraction of sp³-hybridized carbons (Fsp3) is 0.600. The number of methoxy groups -OCH3 is 1. The molecular weight excluding hydrogens is 184 g/mol. The Kier molecular flexibility index (Phi) is 3.28. The Bertz CT molecular complexity index is 290. The molecule has 0 radical (unpaired) electrons. The summed E-state index contributed by atoms with van der Waals surface area (Å²) in [5.74, 6) is -0.327. The van der Waals surface area contributed by atoms with Gasteiger partial charge in [-0.3, -0.25) is 9.59 Å².